The van der Waals surface area contributed by atoms with Gasteiger partial charge in [0.25, 0.3) is 5.69 Å². The molecule has 2 aromatic carbocycles. The standard InChI is InChI=1S/C16H16FNO5/c1-10-7-11(17)3-5-13(10)14(19)9-23-16-8-12(18(20)21)4-6-15(16)22-2/h3-8,14,19H,9H2,1-2H3. The molecule has 1 unspecified atom stereocenters. The Kier molecular flexibility index (Phi) is 5.13. The number of non-ortho nitro benzene ring substituents is 1. The van der Waals surface area contributed by atoms with Gasteiger partial charge >= 0.3 is 0 Å². The normalized spacial score (nSPS) is 11.8. The maximum atomic E-state index is 13.1. The van der Waals surface area contributed by atoms with Crippen LogP contribution in [0.4, 0.5) is 10.1 Å². The van der Waals surface area contributed by atoms with Gasteiger partial charge in [-0.2, -0.15) is 0 Å². The van der Waals surface area contributed by atoms with E-state index in [1.54, 1.807) is 6.92 Å². The highest BCUT2D eigenvalue weighted by Crippen LogP contribution is 2.32. The summed E-state index contributed by atoms with van der Waals surface area (Å²) in [6.07, 6.45) is -1.00. The zero-order chi connectivity index (χ0) is 17.0. The lowest BCUT2D eigenvalue weighted by Crippen LogP contribution is -2.11. The van der Waals surface area contributed by atoms with Crippen LogP contribution in [0.2, 0.25) is 0 Å². The Morgan fingerprint density at radius 2 is 2.00 bits per heavy atom. The number of nitro groups is 1. The predicted octanol–water partition coefficient (Wildman–Crippen LogP) is 3.16. The number of hydrogen-bond donors (Lipinski definition) is 1. The van der Waals surface area contributed by atoms with Gasteiger partial charge < -0.3 is 14.6 Å². The number of benzene rings is 2. The van der Waals surface area contributed by atoms with E-state index >= 15 is 0 Å². The van der Waals surface area contributed by atoms with Crippen molar-refractivity contribution in [2.24, 2.45) is 0 Å². The molecule has 1 atom stereocenters. The Bertz CT molecular complexity index is 720. The lowest BCUT2D eigenvalue weighted by molar-refractivity contribution is -0.385. The van der Waals surface area contributed by atoms with Crippen molar-refractivity contribution in [3.8, 4) is 11.5 Å². The van der Waals surface area contributed by atoms with Crippen LogP contribution < -0.4 is 9.47 Å². The monoisotopic (exact) mass is 321 g/mol. The largest absolute Gasteiger partial charge is 0.493 e. The number of halogens is 1. The van der Waals surface area contributed by atoms with Crippen molar-refractivity contribution < 1.29 is 23.9 Å². The molecule has 23 heavy (non-hydrogen) atoms. The van der Waals surface area contributed by atoms with Crippen molar-refractivity contribution in [2.75, 3.05) is 13.7 Å². The van der Waals surface area contributed by atoms with Gasteiger partial charge in [-0.25, -0.2) is 4.39 Å². The van der Waals surface area contributed by atoms with Crippen molar-refractivity contribution in [1.82, 2.24) is 0 Å². The minimum Gasteiger partial charge on any atom is -0.493 e. The van der Waals surface area contributed by atoms with E-state index in [0.717, 1.165) is 0 Å². The molecule has 0 aliphatic carbocycles. The minimum absolute atomic E-state index is 0.145. The van der Waals surface area contributed by atoms with E-state index in [4.69, 9.17) is 9.47 Å². The summed E-state index contributed by atoms with van der Waals surface area (Å²) in [7, 11) is 1.41. The molecule has 0 radical (unpaired) electrons. The van der Waals surface area contributed by atoms with Crippen LogP contribution in [0.3, 0.4) is 0 Å². The van der Waals surface area contributed by atoms with Crippen LogP contribution in [-0.2, 0) is 0 Å². The summed E-state index contributed by atoms with van der Waals surface area (Å²) >= 11 is 0. The van der Waals surface area contributed by atoms with Crippen molar-refractivity contribution in [1.29, 1.82) is 0 Å². The number of aryl methyl sites for hydroxylation is 1. The first kappa shape index (κ1) is 16.7. The van der Waals surface area contributed by atoms with E-state index in [2.05, 4.69) is 0 Å². The van der Waals surface area contributed by atoms with Gasteiger partial charge in [-0.05, 0) is 36.2 Å². The van der Waals surface area contributed by atoms with E-state index in [-0.39, 0.29) is 23.9 Å². The number of rotatable bonds is 6. The number of ether oxygens (including phenoxy) is 2. The molecule has 2 aromatic rings. The van der Waals surface area contributed by atoms with Gasteiger partial charge in [-0.3, -0.25) is 10.1 Å². The molecular formula is C16H16FNO5. The Balaban J connectivity index is 2.16. The van der Waals surface area contributed by atoms with Gasteiger partial charge in [0.05, 0.1) is 18.1 Å². The van der Waals surface area contributed by atoms with Crippen LogP contribution in [0.15, 0.2) is 36.4 Å². The van der Waals surface area contributed by atoms with Crippen molar-refractivity contribution >= 4 is 5.69 Å². The number of aliphatic hydroxyl groups is 1. The van der Waals surface area contributed by atoms with E-state index in [9.17, 15) is 19.6 Å². The number of methoxy groups -OCH3 is 1. The summed E-state index contributed by atoms with van der Waals surface area (Å²) < 4.78 is 23.6. The van der Waals surface area contributed by atoms with Gasteiger partial charge in [0.1, 0.15) is 18.5 Å². The number of nitro benzene ring substituents is 1. The first-order valence-electron chi connectivity index (χ1n) is 6.81. The second-order valence-electron chi connectivity index (χ2n) is 4.92. The molecule has 0 heterocycles. The summed E-state index contributed by atoms with van der Waals surface area (Å²) in [5, 5.41) is 21.0. The highest BCUT2D eigenvalue weighted by atomic mass is 19.1. The SMILES string of the molecule is COc1ccc([N+](=O)[O-])cc1OCC(O)c1ccc(F)cc1C. The van der Waals surface area contributed by atoms with Crippen molar-refractivity contribution in [2.45, 2.75) is 13.0 Å². The zero-order valence-corrected chi connectivity index (χ0v) is 12.7. The van der Waals surface area contributed by atoms with E-state index in [0.29, 0.717) is 16.9 Å². The number of hydrogen-bond acceptors (Lipinski definition) is 5. The summed E-state index contributed by atoms with van der Waals surface area (Å²) in [5.41, 5.74) is 0.969. The van der Waals surface area contributed by atoms with Gasteiger partial charge in [0.2, 0.25) is 0 Å². The fraction of sp³-hybridized carbons (Fsp3) is 0.250. The first-order valence-corrected chi connectivity index (χ1v) is 6.81. The molecule has 122 valence electrons. The average Bonchev–Trinajstić information content (AvgIpc) is 2.52. The summed E-state index contributed by atoms with van der Waals surface area (Å²) in [4.78, 5) is 10.3. The van der Waals surface area contributed by atoms with E-state index in [1.165, 1.54) is 43.5 Å². The highest BCUT2D eigenvalue weighted by molar-refractivity contribution is 5.48. The zero-order valence-electron chi connectivity index (χ0n) is 12.7. The topological polar surface area (TPSA) is 81.8 Å². The fourth-order valence-electron chi connectivity index (χ4n) is 2.16. The third-order valence-electron chi connectivity index (χ3n) is 3.35. The Hall–Kier alpha value is -2.67. The molecule has 0 aliphatic heterocycles. The molecule has 0 saturated carbocycles. The molecule has 0 saturated heterocycles. The summed E-state index contributed by atoms with van der Waals surface area (Å²) in [6.45, 7) is 1.53. The Morgan fingerprint density at radius 3 is 2.61 bits per heavy atom. The number of aliphatic hydroxyl groups excluding tert-OH is 1. The van der Waals surface area contributed by atoms with Crippen LogP contribution in [0.25, 0.3) is 0 Å². The second-order valence-corrected chi connectivity index (χ2v) is 4.92. The summed E-state index contributed by atoms with van der Waals surface area (Å²) in [6, 6.07) is 7.98. The van der Waals surface area contributed by atoms with Gasteiger partial charge in [-0.15, -0.1) is 0 Å². The Labute approximate surface area is 132 Å². The molecular weight excluding hydrogens is 305 g/mol. The Morgan fingerprint density at radius 1 is 1.26 bits per heavy atom. The van der Waals surface area contributed by atoms with Crippen LogP contribution in [0.1, 0.15) is 17.2 Å². The average molecular weight is 321 g/mol. The van der Waals surface area contributed by atoms with Gasteiger partial charge in [-0.1, -0.05) is 6.07 Å². The third-order valence-corrected chi connectivity index (χ3v) is 3.35. The number of nitrogens with zero attached hydrogens (tertiary/aromatic N) is 1. The molecule has 6 nitrogen and oxygen atoms in total. The van der Waals surface area contributed by atoms with Crippen LogP contribution in [-0.4, -0.2) is 23.7 Å². The molecule has 0 aromatic heterocycles. The van der Waals surface area contributed by atoms with Crippen molar-refractivity contribution in [3.63, 3.8) is 0 Å². The van der Waals surface area contributed by atoms with E-state index in [1.807, 2.05) is 0 Å². The lowest BCUT2D eigenvalue weighted by Gasteiger charge is -2.16. The quantitative estimate of drug-likeness (QED) is 0.653. The van der Waals surface area contributed by atoms with E-state index < -0.39 is 11.0 Å². The fourth-order valence-corrected chi connectivity index (χ4v) is 2.16. The van der Waals surface area contributed by atoms with Crippen LogP contribution >= 0.6 is 0 Å². The molecule has 1 N–H and O–H groups in total. The maximum Gasteiger partial charge on any atom is 0.273 e. The highest BCUT2D eigenvalue weighted by Gasteiger charge is 2.16. The molecule has 0 bridgehead atoms. The molecule has 7 heteroatoms. The minimum atomic E-state index is -1.00. The molecule has 0 amide bonds. The maximum absolute atomic E-state index is 13.1. The lowest BCUT2D eigenvalue weighted by atomic mass is 10.0. The van der Waals surface area contributed by atoms with Gasteiger partial charge in [0, 0.05) is 6.07 Å². The molecule has 0 fully saturated rings. The molecule has 2 rings (SSSR count). The summed E-state index contributed by atoms with van der Waals surface area (Å²) in [5.74, 6) is 0.0823. The van der Waals surface area contributed by atoms with Crippen LogP contribution in [0.5, 0.6) is 11.5 Å². The second kappa shape index (κ2) is 7.06. The van der Waals surface area contributed by atoms with Crippen molar-refractivity contribution in [3.05, 3.63) is 63.5 Å². The first-order chi connectivity index (χ1) is 10.9. The molecule has 0 spiro atoms. The van der Waals surface area contributed by atoms with Gasteiger partial charge in [0.15, 0.2) is 11.5 Å². The van der Waals surface area contributed by atoms with Crippen LogP contribution in [0, 0.1) is 22.9 Å². The third kappa shape index (κ3) is 3.95. The predicted molar refractivity (Wildman–Crippen MR) is 81.2 cm³/mol. The smallest absolute Gasteiger partial charge is 0.273 e. The molecule has 0 aliphatic rings.